The minimum absolute atomic E-state index is 0.0833. The van der Waals surface area contributed by atoms with E-state index in [-0.39, 0.29) is 48.1 Å². The minimum Gasteiger partial charge on any atom is -0.474 e. The highest BCUT2D eigenvalue weighted by molar-refractivity contribution is 7.51. The van der Waals surface area contributed by atoms with Crippen molar-refractivity contribution < 1.29 is 54.1 Å². The van der Waals surface area contributed by atoms with E-state index in [1.807, 2.05) is 44.7 Å². The molecule has 22 heteroatoms. The van der Waals surface area contributed by atoms with Gasteiger partial charge in [0.15, 0.2) is 0 Å². The number of rotatable bonds is 9. The molecule has 18 nitrogen and oxygen atoms in total. The van der Waals surface area contributed by atoms with Crippen LogP contribution in [0.4, 0.5) is 36.6 Å². The lowest BCUT2D eigenvalue weighted by atomic mass is 9.92. The summed E-state index contributed by atoms with van der Waals surface area (Å²) in [4.78, 5) is 32.1. The number of nitrogens with one attached hydrogen (secondary N) is 3. The summed E-state index contributed by atoms with van der Waals surface area (Å²) in [5, 5.41) is 9.65. The number of anilines is 4. The van der Waals surface area contributed by atoms with Gasteiger partial charge in [-0.15, -0.1) is 0 Å². The van der Waals surface area contributed by atoms with E-state index in [4.69, 9.17) is 40.5 Å². The lowest BCUT2D eigenvalue weighted by Gasteiger charge is -2.47. The Bertz CT molecular complexity index is 2400. The van der Waals surface area contributed by atoms with E-state index in [0.29, 0.717) is 90.3 Å². The van der Waals surface area contributed by atoms with Gasteiger partial charge in [-0.2, -0.15) is 16.8 Å². The monoisotopic (exact) mass is 968 g/mol. The van der Waals surface area contributed by atoms with Gasteiger partial charge in [-0.05, 0) is 75.9 Å². The van der Waals surface area contributed by atoms with Gasteiger partial charge in [0.25, 0.3) is 0 Å². The number of nitrogens with zero attached hydrogens (tertiary/aromatic N) is 5. The van der Waals surface area contributed by atoms with Crippen LogP contribution in [0, 0.1) is 51.2 Å². The fourth-order valence-corrected chi connectivity index (χ4v) is 9.62. The summed E-state index contributed by atoms with van der Waals surface area (Å²) in [5.74, 6) is 2.55. The van der Waals surface area contributed by atoms with Gasteiger partial charge in [0, 0.05) is 49.6 Å². The molecule has 7 atom stereocenters. The topological polar surface area (TPSA) is 222 Å². The van der Waals surface area contributed by atoms with Gasteiger partial charge in [-0.25, -0.2) is 33.5 Å². The van der Waals surface area contributed by atoms with E-state index in [1.165, 1.54) is 44.0 Å². The van der Waals surface area contributed by atoms with Crippen molar-refractivity contribution in [2.75, 3.05) is 37.1 Å². The summed E-state index contributed by atoms with van der Waals surface area (Å²) in [6, 6.07) is 10.6. The van der Waals surface area contributed by atoms with Crippen molar-refractivity contribution in [2.45, 2.75) is 115 Å². The summed E-state index contributed by atoms with van der Waals surface area (Å²) in [6.07, 6.45) is 9.41. The molecule has 360 valence electrons. The smallest absolute Gasteiger partial charge is 0.410 e. The maximum atomic E-state index is 14.3. The lowest BCUT2D eigenvalue weighted by molar-refractivity contribution is -0.0924. The van der Waals surface area contributed by atoms with E-state index >= 15 is 0 Å². The zero-order chi connectivity index (χ0) is 47.6. The highest BCUT2D eigenvalue weighted by Gasteiger charge is 2.57. The number of morpholine rings is 2. The molecule has 2 aromatic carbocycles. The standard InChI is InChI=1S/C26H31FN4O4.C19H23FN4O2.2O2S/c1-14-6-7-22(21(27)8-14)30-24-15(2)25(29-13-28-24)34-18-9-16-11-33-12-17(10-18)31(16)26(32)35-23-19-4-3-5-20(19)23;1-11-3-4-17(16(20)5-11)24-18-12(2)19(22-10-21-18)26-15-6-13-8-25-9-14(7-15)23-13;2*1-3-2/h6-8,13,16-20,23H,3-5,9-12H2,1-2H3,(H,28,29,30);3-5,10,13-15,23H,6-9H2,1-2H3,(H,21,22,24);;/t16?,17?,18?,19-,20+,23?;;;. The number of fused-ring (bicyclic) bond motifs is 5. The number of halogens is 2. The molecule has 2 aliphatic carbocycles. The number of hydrogen-bond donors (Lipinski definition) is 3. The molecule has 1 amide bonds. The molecule has 5 unspecified atom stereocenters. The van der Waals surface area contributed by atoms with E-state index < -0.39 is 23.1 Å². The predicted molar refractivity (Wildman–Crippen MR) is 240 cm³/mol. The van der Waals surface area contributed by atoms with Gasteiger partial charge < -0.3 is 39.6 Å². The normalized spacial score (nSPS) is 26.2. The Morgan fingerprint density at radius 1 is 0.687 bits per heavy atom. The van der Waals surface area contributed by atoms with Crippen LogP contribution in [0.25, 0.3) is 0 Å². The number of carbonyl (C=O) groups excluding carboxylic acids is 1. The Kier molecular flexibility index (Phi) is 16.9. The third kappa shape index (κ3) is 12.5. The Labute approximate surface area is 393 Å². The van der Waals surface area contributed by atoms with Crippen LogP contribution < -0.4 is 25.4 Å². The van der Waals surface area contributed by atoms with Crippen molar-refractivity contribution in [1.29, 1.82) is 0 Å². The molecule has 2 aromatic heterocycles. The molecule has 6 aliphatic rings. The summed E-state index contributed by atoms with van der Waals surface area (Å²) in [6.45, 7) is 9.83. The zero-order valence-corrected chi connectivity index (χ0v) is 39.1. The number of benzene rings is 2. The van der Waals surface area contributed by atoms with E-state index in [0.717, 1.165) is 42.7 Å². The maximum Gasteiger partial charge on any atom is 0.410 e. The molecule has 0 spiro atoms. The molecular formula is C45H54F2N8O10S2. The fourth-order valence-electron chi connectivity index (χ4n) is 9.62. The quantitative estimate of drug-likeness (QED) is 0.174. The van der Waals surface area contributed by atoms with E-state index in [9.17, 15) is 13.6 Å². The number of aryl methyl sites for hydroxylation is 2. The summed E-state index contributed by atoms with van der Waals surface area (Å²) >= 11 is -1.50. The van der Waals surface area contributed by atoms with Crippen LogP contribution in [-0.2, 0) is 37.4 Å². The van der Waals surface area contributed by atoms with E-state index in [2.05, 4.69) is 35.9 Å². The third-order valence-corrected chi connectivity index (χ3v) is 12.8. The van der Waals surface area contributed by atoms with Crippen molar-refractivity contribution in [3.63, 3.8) is 0 Å². The first kappa shape index (κ1) is 49.4. The third-order valence-electron chi connectivity index (χ3n) is 12.8. The molecule has 10 rings (SSSR count). The molecule has 4 saturated heterocycles. The molecule has 6 fully saturated rings. The Morgan fingerprint density at radius 2 is 1.13 bits per heavy atom. The van der Waals surface area contributed by atoms with Crippen molar-refractivity contribution in [1.82, 2.24) is 30.2 Å². The Hall–Kier alpha value is -5.55. The van der Waals surface area contributed by atoms with Crippen LogP contribution in [0.3, 0.4) is 0 Å². The average Bonchev–Trinajstić information content (AvgIpc) is 3.67. The first-order chi connectivity index (χ1) is 32.4. The maximum absolute atomic E-state index is 14.3. The average molecular weight is 969 g/mol. The second-order valence-electron chi connectivity index (χ2n) is 17.5. The van der Waals surface area contributed by atoms with Gasteiger partial charge in [0.1, 0.15) is 54.2 Å². The summed E-state index contributed by atoms with van der Waals surface area (Å²) in [7, 11) is 0. The molecule has 4 aromatic rings. The number of amides is 1. The van der Waals surface area contributed by atoms with Gasteiger partial charge in [0.2, 0.25) is 11.8 Å². The van der Waals surface area contributed by atoms with Crippen LogP contribution in [0.1, 0.15) is 67.2 Å². The predicted octanol–water partition coefficient (Wildman–Crippen LogP) is 6.06. The fraction of sp³-hybridized carbons (Fsp3) is 0.533. The van der Waals surface area contributed by atoms with Gasteiger partial charge >= 0.3 is 29.2 Å². The summed E-state index contributed by atoms with van der Waals surface area (Å²) in [5.41, 5.74) is 3.93. The number of ether oxygens (including phenoxy) is 5. The number of aromatic nitrogens is 4. The highest BCUT2D eigenvalue weighted by atomic mass is 32.1. The van der Waals surface area contributed by atoms with Crippen molar-refractivity contribution in [2.24, 2.45) is 11.8 Å². The largest absolute Gasteiger partial charge is 0.474 e. The van der Waals surface area contributed by atoms with Crippen LogP contribution in [0.2, 0.25) is 0 Å². The van der Waals surface area contributed by atoms with Crippen LogP contribution in [0.15, 0.2) is 49.1 Å². The van der Waals surface area contributed by atoms with Gasteiger partial charge in [0.05, 0.1) is 61.0 Å². The first-order valence-electron chi connectivity index (χ1n) is 22.2. The minimum atomic E-state index is -0.750. The van der Waals surface area contributed by atoms with Crippen molar-refractivity contribution in [3.8, 4) is 11.8 Å². The number of hydrogen-bond acceptors (Lipinski definition) is 17. The molecule has 4 bridgehead atoms. The second kappa shape index (κ2) is 23.0. The Morgan fingerprint density at radius 3 is 1.60 bits per heavy atom. The second-order valence-corrected chi connectivity index (χ2v) is 17.8. The van der Waals surface area contributed by atoms with Crippen molar-refractivity contribution in [3.05, 3.63) is 82.9 Å². The van der Waals surface area contributed by atoms with Crippen molar-refractivity contribution >= 4 is 52.2 Å². The molecule has 6 heterocycles. The Balaban J connectivity index is 0.000000184. The SMILES string of the molecule is Cc1ccc(Nc2ncnc(OC3CC4COCC(C3)N4)c2C)c(F)c1.Cc1ccc(Nc2ncnc(OC3CC4COCC(C3)N4C(=O)OC3[C@H]4CCC[C@@H]34)c2C)c(F)c1.O=S=O.O=S=O. The van der Waals surface area contributed by atoms with Crippen LogP contribution >= 0.6 is 0 Å². The molecule has 3 N–H and O–H groups in total. The summed E-state index contributed by atoms with van der Waals surface area (Å²) < 4.78 is 91.3. The molecule has 67 heavy (non-hydrogen) atoms. The van der Waals surface area contributed by atoms with Gasteiger partial charge in [-0.3, -0.25) is 4.90 Å². The van der Waals surface area contributed by atoms with Crippen LogP contribution in [-0.4, -0.2) is 117 Å². The zero-order valence-electron chi connectivity index (χ0n) is 37.5. The molecule has 2 saturated carbocycles. The molecule has 4 aliphatic heterocycles. The van der Waals surface area contributed by atoms with Crippen LogP contribution in [0.5, 0.6) is 11.8 Å². The molecule has 0 radical (unpaired) electrons. The first-order valence-corrected chi connectivity index (χ1v) is 23.5. The number of carbonyl (C=O) groups is 1. The molecular weight excluding hydrogens is 915 g/mol. The van der Waals surface area contributed by atoms with Gasteiger partial charge in [-0.1, -0.05) is 18.6 Å². The number of piperidine rings is 2. The van der Waals surface area contributed by atoms with E-state index in [1.54, 1.807) is 12.1 Å². The highest BCUT2D eigenvalue weighted by Crippen LogP contribution is 2.54. The lowest BCUT2D eigenvalue weighted by Crippen LogP contribution is -2.61.